The van der Waals surface area contributed by atoms with Gasteiger partial charge in [0.1, 0.15) is 6.54 Å². The van der Waals surface area contributed by atoms with Crippen LogP contribution in [-0.2, 0) is 9.47 Å². The quantitative estimate of drug-likeness (QED) is 0.337. The molecular formula is C26H25FN6O3S. The van der Waals surface area contributed by atoms with Gasteiger partial charge in [-0.25, -0.2) is 14.4 Å². The van der Waals surface area contributed by atoms with Gasteiger partial charge in [-0.05, 0) is 55.0 Å². The molecule has 9 nitrogen and oxygen atoms in total. The Bertz CT molecular complexity index is 1320. The van der Waals surface area contributed by atoms with Crippen LogP contribution in [-0.4, -0.2) is 60.6 Å². The number of nitrogens with zero attached hydrogens (tertiary/aromatic N) is 4. The highest BCUT2D eigenvalue weighted by atomic mass is 32.1. The summed E-state index contributed by atoms with van der Waals surface area (Å²) in [5, 5.41) is 14.4. The smallest absolute Gasteiger partial charge is 0.252 e. The van der Waals surface area contributed by atoms with Gasteiger partial charge in [0.05, 0.1) is 30.5 Å². The van der Waals surface area contributed by atoms with Gasteiger partial charge >= 0.3 is 0 Å². The van der Waals surface area contributed by atoms with Crippen LogP contribution in [0.4, 0.5) is 21.7 Å². The minimum Gasteiger partial charge on any atom is -0.452 e. The van der Waals surface area contributed by atoms with Crippen molar-refractivity contribution in [2.45, 2.75) is 6.92 Å². The van der Waals surface area contributed by atoms with Crippen LogP contribution >= 0.6 is 12.2 Å². The molecule has 190 valence electrons. The van der Waals surface area contributed by atoms with Crippen LogP contribution < -0.4 is 15.5 Å². The molecule has 4 rings (SSSR count). The van der Waals surface area contributed by atoms with Crippen molar-refractivity contribution in [1.29, 1.82) is 5.26 Å². The lowest BCUT2D eigenvalue weighted by molar-refractivity contribution is 0.0958. The summed E-state index contributed by atoms with van der Waals surface area (Å²) in [6.07, 6.45) is 1.71. The zero-order valence-corrected chi connectivity index (χ0v) is 21.0. The fourth-order valence-electron chi connectivity index (χ4n) is 3.91. The van der Waals surface area contributed by atoms with Crippen molar-refractivity contribution in [2.24, 2.45) is 0 Å². The summed E-state index contributed by atoms with van der Waals surface area (Å²) >= 11 is 5.33. The van der Waals surface area contributed by atoms with Gasteiger partial charge in [-0.1, -0.05) is 12.1 Å². The summed E-state index contributed by atoms with van der Waals surface area (Å²) in [7, 11) is 0. The molecule has 2 N–H and O–H groups in total. The predicted octanol–water partition coefficient (Wildman–Crippen LogP) is 3.90. The zero-order valence-electron chi connectivity index (χ0n) is 20.2. The Kier molecular flexibility index (Phi) is 8.56. The van der Waals surface area contributed by atoms with Gasteiger partial charge in [0, 0.05) is 41.8 Å². The molecule has 0 unspecified atom stereocenters. The highest BCUT2D eigenvalue weighted by Gasteiger charge is 2.19. The third kappa shape index (κ3) is 6.35. The van der Waals surface area contributed by atoms with E-state index in [1.54, 1.807) is 36.5 Å². The van der Waals surface area contributed by atoms with Crippen molar-refractivity contribution < 1.29 is 18.7 Å². The van der Waals surface area contributed by atoms with Crippen LogP contribution in [0.1, 0.15) is 21.5 Å². The van der Waals surface area contributed by atoms with E-state index in [0.29, 0.717) is 54.8 Å². The van der Waals surface area contributed by atoms with Crippen LogP contribution in [0.25, 0.3) is 11.3 Å². The number of benzene rings is 2. The lowest BCUT2D eigenvalue weighted by Crippen LogP contribution is -2.37. The second kappa shape index (κ2) is 12.2. The number of morpholine rings is 1. The molecule has 1 saturated heterocycles. The summed E-state index contributed by atoms with van der Waals surface area (Å²) < 4.78 is 23.3. The van der Waals surface area contributed by atoms with Gasteiger partial charge in [-0.2, -0.15) is 5.26 Å². The molecule has 1 fully saturated rings. The number of aromatic nitrogens is 2. The highest BCUT2D eigenvalue weighted by Crippen LogP contribution is 2.29. The molecule has 11 heteroatoms. The average Bonchev–Trinajstić information content (AvgIpc) is 2.93. The van der Waals surface area contributed by atoms with Gasteiger partial charge in [0.15, 0.2) is 5.05 Å². The van der Waals surface area contributed by atoms with E-state index in [0.717, 1.165) is 16.8 Å². The van der Waals surface area contributed by atoms with Gasteiger partial charge in [-0.15, -0.1) is 0 Å². The molecule has 0 bridgehead atoms. The molecule has 37 heavy (non-hydrogen) atoms. The molecule has 0 spiro atoms. The maximum absolute atomic E-state index is 12.9. The van der Waals surface area contributed by atoms with E-state index in [1.165, 1.54) is 0 Å². The molecule has 0 atom stereocenters. The third-order valence-electron chi connectivity index (χ3n) is 5.73. The Morgan fingerprint density at radius 3 is 2.70 bits per heavy atom. The lowest BCUT2D eigenvalue weighted by Gasteiger charge is -2.30. The Morgan fingerprint density at radius 1 is 1.24 bits per heavy atom. The molecule has 2 heterocycles. The number of hydrogen-bond acceptors (Lipinski definition) is 9. The number of nitrogens with one attached hydrogen (secondary N) is 2. The number of hydrogen-bond donors (Lipinski definition) is 2. The van der Waals surface area contributed by atoms with Crippen molar-refractivity contribution in [2.75, 3.05) is 49.9 Å². The van der Waals surface area contributed by atoms with E-state index >= 15 is 0 Å². The fourth-order valence-corrected chi connectivity index (χ4v) is 4.12. The standard InChI is InChI=1S/C26H25FN6O3S/c1-17-15-30-26(32-23(17)18-2-4-19(5-3-18)24(34)29-9-8-28)31-20-6-7-22(33-10-12-35-13-11-33)21(14-20)25(37)36-16-27/h2-7,14-15H,9-13,16H2,1H3,(H,29,34)(H,30,31,32). The Balaban J connectivity index is 1.58. The molecule has 1 aromatic heterocycles. The highest BCUT2D eigenvalue weighted by molar-refractivity contribution is 7.80. The lowest BCUT2D eigenvalue weighted by atomic mass is 10.1. The van der Waals surface area contributed by atoms with Crippen LogP contribution in [0.2, 0.25) is 0 Å². The Morgan fingerprint density at radius 2 is 2.00 bits per heavy atom. The largest absolute Gasteiger partial charge is 0.452 e. The van der Waals surface area contributed by atoms with E-state index in [-0.39, 0.29) is 17.5 Å². The van der Waals surface area contributed by atoms with E-state index in [4.69, 9.17) is 27.0 Å². The van der Waals surface area contributed by atoms with E-state index in [1.807, 2.05) is 25.1 Å². The third-order valence-corrected chi connectivity index (χ3v) is 6.07. The number of halogens is 1. The fraction of sp³-hybridized carbons (Fsp3) is 0.269. The Hall–Kier alpha value is -4.14. The normalized spacial score (nSPS) is 12.9. The SMILES string of the molecule is Cc1cnc(Nc2ccc(N3CCOCC3)c(C(=S)OCF)c2)nc1-c1ccc(C(=O)NCC#N)cc1. The summed E-state index contributed by atoms with van der Waals surface area (Å²) in [5.74, 6) is 0.0414. The van der Waals surface area contributed by atoms with Crippen LogP contribution in [0, 0.1) is 18.3 Å². The minimum atomic E-state index is -1.01. The average molecular weight is 521 g/mol. The summed E-state index contributed by atoms with van der Waals surface area (Å²) in [6.45, 7) is 3.42. The first kappa shape index (κ1) is 25.9. The molecule has 2 aromatic carbocycles. The number of rotatable bonds is 8. The van der Waals surface area contributed by atoms with Crippen molar-refractivity contribution in [3.8, 4) is 17.3 Å². The number of anilines is 3. The van der Waals surface area contributed by atoms with Crippen LogP contribution in [0.3, 0.4) is 0 Å². The summed E-state index contributed by atoms with van der Waals surface area (Å²) in [5.41, 5.74) is 4.91. The van der Waals surface area contributed by atoms with E-state index < -0.39 is 6.86 Å². The van der Waals surface area contributed by atoms with Crippen molar-refractivity contribution in [1.82, 2.24) is 15.3 Å². The predicted molar refractivity (Wildman–Crippen MR) is 142 cm³/mol. The number of carbonyl (C=O) groups is 1. The van der Waals surface area contributed by atoms with Crippen molar-refractivity contribution in [3.63, 3.8) is 0 Å². The van der Waals surface area contributed by atoms with E-state index in [2.05, 4.69) is 25.5 Å². The molecule has 1 amide bonds. The van der Waals surface area contributed by atoms with Gasteiger partial charge < -0.3 is 25.0 Å². The first-order valence-corrected chi connectivity index (χ1v) is 12.0. The summed E-state index contributed by atoms with van der Waals surface area (Å²) in [4.78, 5) is 23.3. The number of nitriles is 1. The Labute approximate surface area is 219 Å². The van der Waals surface area contributed by atoms with Gasteiger partial charge in [0.2, 0.25) is 12.8 Å². The van der Waals surface area contributed by atoms with Crippen LogP contribution in [0.5, 0.6) is 0 Å². The molecule has 3 aromatic rings. The first-order chi connectivity index (χ1) is 18.0. The second-order valence-corrected chi connectivity index (χ2v) is 8.51. The number of carbonyl (C=O) groups excluding carboxylic acids is 1. The number of alkyl halides is 1. The number of ether oxygens (including phenoxy) is 2. The van der Waals surface area contributed by atoms with Crippen molar-refractivity contribution >= 4 is 40.5 Å². The molecule has 1 aliphatic heterocycles. The molecular weight excluding hydrogens is 495 g/mol. The number of amides is 1. The van der Waals surface area contributed by atoms with E-state index in [9.17, 15) is 9.18 Å². The number of aryl methyl sites for hydroxylation is 1. The first-order valence-electron chi connectivity index (χ1n) is 11.6. The summed E-state index contributed by atoms with van der Waals surface area (Å²) in [6, 6.07) is 14.4. The minimum absolute atomic E-state index is 0.0552. The molecule has 0 radical (unpaired) electrons. The topological polar surface area (TPSA) is 112 Å². The van der Waals surface area contributed by atoms with Gasteiger partial charge in [0.25, 0.3) is 5.91 Å². The molecule has 0 aliphatic carbocycles. The van der Waals surface area contributed by atoms with Gasteiger partial charge in [-0.3, -0.25) is 4.79 Å². The monoisotopic (exact) mass is 520 g/mol. The van der Waals surface area contributed by atoms with Crippen LogP contribution in [0.15, 0.2) is 48.7 Å². The zero-order chi connectivity index (χ0) is 26.2. The molecule has 0 saturated carbocycles. The second-order valence-electron chi connectivity index (χ2n) is 8.14. The number of thiocarbonyl (C=S) groups is 1. The maximum Gasteiger partial charge on any atom is 0.252 e. The molecule has 1 aliphatic rings. The van der Waals surface area contributed by atoms with Crippen molar-refractivity contribution in [3.05, 3.63) is 65.4 Å². The maximum atomic E-state index is 12.9.